The second-order valence-corrected chi connectivity index (χ2v) is 20.2. The third-order valence-corrected chi connectivity index (χ3v) is 14.8. The lowest BCUT2D eigenvalue weighted by Gasteiger charge is -2.22. The number of anilines is 6. The van der Waals surface area contributed by atoms with E-state index in [2.05, 4.69) is 84.3 Å². The van der Waals surface area contributed by atoms with Crippen LogP contribution in [0.1, 0.15) is 47.5 Å². The highest BCUT2D eigenvalue weighted by atomic mass is 32.2. The minimum atomic E-state index is -4.59. The highest BCUT2D eigenvalue weighted by molar-refractivity contribution is 7.99. The van der Waals surface area contributed by atoms with Crippen molar-refractivity contribution in [1.29, 1.82) is 0 Å². The first-order valence-corrected chi connectivity index (χ1v) is 27.0. The number of rotatable bonds is 22. The maximum absolute atomic E-state index is 12.1. The van der Waals surface area contributed by atoms with Gasteiger partial charge >= 0.3 is 0 Å². The highest BCUT2D eigenvalue weighted by Gasteiger charge is 2.23. The Bertz CT molecular complexity index is 3060. The monoisotopic (exact) mass is 1040 g/mol. The molecular weight excluding hydrogens is 987 g/mol. The normalized spacial score (nSPS) is 12.1. The second kappa shape index (κ2) is 22.1. The van der Waals surface area contributed by atoms with Crippen LogP contribution in [0.4, 0.5) is 56.0 Å². The number of fused-ring (bicyclic) bond motifs is 2. The van der Waals surface area contributed by atoms with Crippen molar-refractivity contribution >= 4 is 133 Å². The molecule has 0 fully saturated rings. The molecule has 0 unspecified atom stereocenters. The van der Waals surface area contributed by atoms with E-state index in [1.165, 1.54) is 50.2 Å². The third-order valence-electron chi connectivity index (χ3n) is 10.6. The Labute approximate surface area is 411 Å². The summed E-state index contributed by atoms with van der Waals surface area (Å²) in [5.41, 5.74) is 4.32. The lowest BCUT2D eigenvalue weighted by Crippen LogP contribution is -2.21. The Hall–Kier alpha value is -6.16. The topological polar surface area (TPSA) is 272 Å². The Balaban J connectivity index is 1.29. The Morgan fingerprint density at radius 1 is 0.623 bits per heavy atom. The van der Waals surface area contributed by atoms with Crippen LogP contribution in [0.3, 0.4) is 0 Å². The molecule has 0 radical (unpaired) electrons. The molecule has 4 N–H and O–H groups in total. The molecule has 4 aromatic carbocycles. The van der Waals surface area contributed by atoms with Crippen LogP contribution < -0.4 is 29.9 Å². The molecule has 0 aliphatic heterocycles. The minimum absolute atomic E-state index is 0.0666. The van der Waals surface area contributed by atoms with Gasteiger partial charge in [0.1, 0.15) is 32.7 Å². The van der Waals surface area contributed by atoms with Gasteiger partial charge in [-0.2, -0.15) is 40.5 Å². The van der Waals surface area contributed by atoms with Crippen molar-refractivity contribution in [1.82, 2.24) is 23.7 Å². The molecule has 7 aromatic rings. The molecule has 0 saturated carbocycles. The number of thioether (sulfide) groups is 1. The van der Waals surface area contributed by atoms with E-state index in [-0.39, 0.29) is 34.4 Å². The molecule has 69 heavy (non-hydrogen) atoms. The van der Waals surface area contributed by atoms with Crippen LogP contribution >= 0.6 is 34.8 Å². The number of nitrogens with one attached hydrogen (secondary N) is 2. The van der Waals surface area contributed by atoms with E-state index in [0.717, 1.165) is 79.2 Å². The van der Waals surface area contributed by atoms with Crippen molar-refractivity contribution < 1.29 is 35.4 Å². The van der Waals surface area contributed by atoms with Gasteiger partial charge in [0.2, 0.25) is 11.9 Å². The molecule has 0 saturated heterocycles. The average molecular weight is 1040 g/mol. The third kappa shape index (κ3) is 11.8. The number of methoxy groups -OCH3 is 2. The number of ether oxygens (including phenoxy) is 2. The van der Waals surface area contributed by atoms with Gasteiger partial charge in [-0.1, -0.05) is 25.1 Å². The van der Waals surface area contributed by atoms with Gasteiger partial charge in [-0.3, -0.25) is 9.11 Å². The number of unbranched alkanes of at least 4 members (excludes halogenated alkanes) is 1. The summed E-state index contributed by atoms with van der Waals surface area (Å²) in [6.07, 6.45) is 1.90. The van der Waals surface area contributed by atoms with Gasteiger partial charge in [-0.05, 0) is 118 Å². The number of aromatic nitrogens is 5. The maximum atomic E-state index is 12.1. The summed E-state index contributed by atoms with van der Waals surface area (Å²) in [5.74, 6) is 1.04. The lowest BCUT2D eigenvalue weighted by atomic mass is 10.2. The van der Waals surface area contributed by atoms with E-state index < -0.39 is 30.0 Å². The molecule has 3 aromatic heterocycles. The van der Waals surface area contributed by atoms with Crippen molar-refractivity contribution in [2.45, 2.75) is 62.4 Å². The molecule has 0 atom stereocenters. The summed E-state index contributed by atoms with van der Waals surface area (Å²) in [7, 11) is -6.57. The van der Waals surface area contributed by atoms with Gasteiger partial charge in [0.05, 0.1) is 36.6 Å². The van der Waals surface area contributed by atoms with Gasteiger partial charge in [0.25, 0.3) is 20.2 Å². The fraction of sp³-hybridized carbons (Fsp3) is 0.326. The van der Waals surface area contributed by atoms with Crippen LogP contribution in [0, 0.1) is 0 Å². The van der Waals surface area contributed by atoms with Crippen LogP contribution in [-0.2, 0) is 20.2 Å². The Morgan fingerprint density at radius 3 is 1.43 bits per heavy atom. The van der Waals surface area contributed by atoms with Gasteiger partial charge < -0.3 is 29.9 Å². The van der Waals surface area contributed by atoms with E-state index in [4.69, 9.17) is 24.4 Å². The molecule has 0 amide bonds. The van der Waals surface area contributed by atoms with Gasteiger partial charge in [-0.25, -0.2) is 0 Å². The average Bonchev–Trinajstić information content (AvgIpc) is 3.93. The van der Waals surface area contributed by atoms with Gasteiger partial charge in [0.15, 0.2) is 15.2 Å². The van der Waals surface area contributed by atoms with Crippen LogP contribution in [-0.4, -0.2) is 95.8 Å². The van der Waals surface area contributed by atoms with Crippen LogP contribution in [0.5, 0.6) is 11.5 Å². The van der Waals surface area contributed by atoms with Crippen LogP contribution in [0.25, 0.3) is 21.8 Å². The second-order valence-electron chi connectivity index (χ2n) is 14.8. The Kier molecular flexibility index (Phi) is 16.2. The largest absolute Gasteiger partial charge is 0.495 e. The number of hydrogen-bond donors (Lipinski definition) is 4. The molecule has 26 heteroatoms. The molecule has 21 nitrogen and oxygen atoms in total. The number of nitrogens with zero attached hydrogens (tertiary/aromatic N) is 11. The van der Waals surface area contributed by atoms with Crippen molar-refractivity contribution in [3.63, 3.8) is 0 Å². The standard InChI is InChI=1S/C43H49N13O8S5/c1-8-13-18-65-43-47-41(44-33-19-25(55(9-2)10-3)14-16-29(33)49-51-39-27-21-35(63-6)37(68(57,58)59)23-31(27)53-66-39)46-42(48-43)45-34-20-26(56(11-4)12-5)15-17-30(34)50-52-40-28-22-36(64-7)38(69(60,61)62)24-32(28)54-67-40/h14-17,19-24H,8-13,18H2,1-7H3,(H,57,58,59)(H,60,61,62)(H2,44,45,46,47,48)/b51-49+,52-50+. The van der Waals surface area contributed by atoms with E-state index >= 15 is 0 Å². The van der Waals surface area contributed by atoms with E-state index in [0.29, 0.717) is 48.7 Å². The SMILES string of the molecule is CCCCSc1nc(Nc2cc(N(CC)CC)ccc2/N=N/c2snc3cc(S(=O)(=O)O)c(OC)cc23)nc(Nc2cc(N(CC)CC)ccc2/N=N/c2snc3cc(S(=O)(=O)O)c(OC)cc23)n1. The quantitative estimate of drug-likeness (QED) is 0.0213. The number of hydrogen-bond acceptors (Lipinski definition) is 22. The smallest absolute Gasteiger partial charge is 0.298 e. The van der Waals surface area contributed by atoms with Crippen molar-refractivity contribution in [3.05, 3.63) is 60.7 Å². The predicted molar refractivity (Wildman–Crippen MR) is 272 cm³/mol. The van der Waals surface area contributed by atoms with E-state index in [1.807, 2.05) is 36.4 Å². The van der Waals surface area contributed by atoms with Crippen molar-refractivity contribution in [3.8, 4) is 11.5 Å². The molecule has 0 aliphatic carbocycles. The molecule has 3 heterocycles. The molecular formula is C43H49N13O8S5. The fourth-order valence-corrected chi connectivity index (χ4v) is 10.6. The molecule has 0 spiro atoms. The fourth-order valence-electron chi connectivity index (χ4n) is 7.02. The van der Waals surface area contributed by atoms with E-state index in [9.17, 15) is 25.9 Å². The molecule has 364 valence electrons. The molecule has 0 bridgehead atoms. The summed E-state index contributed by atoms with van der Waals surface area (Å²) < 4.78 is 87.0. The molecule has 0 aliphatic rings. The first-order valence-electron chi connectivity index (χ1n) is 21.5. The predicted octanol–water partition coefficient (Wildman–Crippen LogP) is 11.5. The zero-order valence-corrected chi connectivity index (χ0v) is 42.6. The number of azo groups is 2. The summed E-state index contributed by atoms with van der Waals surface area (Å²) in [4.78, 5) is 18.0. The summed E-state index contributed by atoms with van der Waals surface area (Å²) in [6, 6.07) is 16.7. The zero-order valence-electron chi connectivity index (χ0n) is 38.5. The molecule has 7 rings (SSSR count). The summed E-state index contributed by atoms with van der Waals surface area (Å²) in [5, 5.41) is 27.2. The Morgan fingerprint density at radius 2 is 1.06 bits per heavy atom. The first kappa shape index (κ1) is 50.7. The highest BCUT2D eigenvalue weighted by Crippen LogP contribution is 2.42. The van der Waals surface area contributed by atoms with Crippen molar-refractivity contribution in [2.75, 3.05) is 66.6 Å². The van der Waals surface area contributed by atoms with Crippen LogP contribution in [0.2, 0.25) is 0 Å². The van der Waals surface area contributed by atoms with Gasteiger partial charge in [0, 0.05) is 54.1 Å². The van der Waals surface area contributed by atoms with Crippen molar-refractivity contribution in [2.24, 2.45) is 20.5 Å². The number of benzene rings is 4. The summed E-state index contributed by atoms with van der Waals surface area (Å²) in [6.45, 7) is 13.3. The first-order chi connectivity index (χ1) is 33.1. The minimum Gasteiger partial charge on any atom is -0.495 e. The summed E-state index contributed by atoms with van der Waals surface area (Å²) >= 11 is 3.49. The lowest BCUT2D eigenvalue weighted by molar-refractivity contribution is 0.398. The van der Waals surface area contributed by atoms with E-state index in [1.54, 1.807) is 0 Å². The van der Waals surface area contributed by atoms with Gasteiger partial charge in [-0.15, -0.1) is 20.5 Å². The maximum Gasteiger partial charge on any atom is 0.298 e. The van der Waals surface area contributed by atoms with Crippen LogP contribution in [0.15, 0.2) is 96.1 Å². The zero-order chi connectivity index (χ0) is 49.5.